The van der Waals surface area contributed by atoms with Crippen LogP contribution < -0.4 is 5.32 Å². The number of carbonyl (C=O) groups excluding carboxylic acids is 1. The molecule has 0 radical (unpaired) electrons. The first kappa shape index (κ1) is 13.3. The molecule has 0 bridgehead atoms. The molecule has 4 heteroatoms. The number of hydrogen-bond acceptors (Lipinski definition) is 2. The lowest BCUT2D eigenvalue weighted by molar-refractivity contribution is -0.124. The first-order chi connectivity index (χ1) is 8.29. The summed E-state index contributed by atoms with van der Waals surface area (Å²) in [7, 11) is 0. The van der Waals surface area contributed by atoms with Gasteiger partial charge >= 0.3 is 0 Å². The molecule has 1 amide bonds. The summed E-state index contributed by atoms with van der Waals surface area (Å²) in [6.45, 7) is 0.825. The van der Waals surface area contributed by atoms with Gasteiger partial charge < -0.3 is 10.1 Å². The molecule has 0 aromatic heterocycles. The maximum Gasteiger partial charge on any atom is 0.222 e. The second-order valence-corrected chi connectivity index (χ2v) is 5.86. The summed E-state index contributed by atoms with van der Waals surface area (Å²) < 4.78 is 5.50. The number of halogens is 1. The van der Waals surface area contributed by atoms with Crippen molar-refractivity contribution in [1.82, 2.24) is 5.32 Å². The molecular formula is C13H22BrNO2. The lowest BCUT2D eigenvalue weighted by atomic mass is 9.86. The van der Waals surface area contributed by atoms with Gasteiger partial charge in [0.1, 0.15) is 0 Å². The van der Waals surface area contributed by atoms with Gasteiger partial charge in [-0.25, -0.2) is 0 Å². The highest BCUT2D eigenvalue weighted by Crippen LogP contribution is 2.26. The molecule has 1 aliphatic heterocycles. The second kappa shape index (κ2) is 6.74. The van der Waals surface area contributed by atoms with E-state index in [9.17, 15) is 4.79 Å². The maximum atomic E-state index is 11.9. The molecule has 1 N–H and O–H groups in total. The largest absolute Gasteiger partial charge is 0.378 e. The van der Waals surface area contributed by atoms with E-state index in [1.807, 2.05) is 0 Å². The van der Waals surface area contributed by atoms with Crippen LogP contribution in [0.1, 0.15) is 44.9 Å². The Morgan fingerprint density at radius 2 is 2.06 bits per heavy atom. The van der Waals surface area contributed by atoms with E-state index in [4.69, 9.17) is 4.74 Å². The van der Waals surface area contributed by atoms with Gasteiger partial charge in [0.25, 0.3) is 0 Å². The number of amides is 1. The molecule has 0 spiro atoms. The van der Waals surface area contributed by atoms with E-state index in [0.717, 1.165) is 31.2 Å². The van der Waals surface area contributed by atoms with Crippen molar-refractivity contribution in [2.24, 2.45) is 5.92 Å². The van der Waals surface area contributed by atoms with Gasteiger partial charge in [0, 0.05) is 18.0 Å². The third-order valence-corrected chi connectivity index (χ3v) is 4.72. The highest BCUT2D eigenvalue weighted by molar-refractivity contribution is 9.09. The average molecular weight is 304 g/mol. The van der Waals surface area contributed by atoms with Crippen molar-refractivity contribution in [3.63, 3.8) is 0 Å². The zero-order valence-electron chi connectivity index (χ0n) is 10.3. The first-order valence-corrected chi connectivity index (χ1v) is 7.88. The Bertz CT molecular complexity index is 254. The molecule has 0 aromatic carbocycles. The summed E-state index contributed by atoms with van der Waals surface area (Å²) in [6, 6.07) is 0.372. The number of hydrogen-bond donors (Lipinski definition) is 1. The van der Waals surface area contributed by atoms with E-state index in [1.165, 1.54) is 19.3 Å². The fourth-order valence-electron chi connectivity index (χ4n) is 2.86. The molecule has 1 aliphatic carbocycles. The smallest absolute Gasteiger partial charge is 0.222 e. The fourth-order valence-corrected chi connectivity index (χ4v) is 3.64. The van der Waals surface area contributed by atoms with Gasteiger partial charge in [0.05, 0.1) is 12.5 Å². The SMILES string of the molecule is O=C(CC1CCCO1)NC1CCCCC1CBr. The quantitative estimate of drug-likeness (QED) is 0.811. The summed E-state index contributed by atoms with van der Waals surface area (Å²) in [4.78, 5) is 11.9. The standard InChI is InChI=1S/C13H22BrNO2/c14-9-10-4-1-2-6-12(10)15-13(16)8-11-5-3-7-17-11/h10-12H,1-9H2,(H,15,16). The summed E-state index contributed by atoms with van der Waals surface area (Å²) in [5, 5.41) is 4.20. The van der Waals surface area contributed by atoms with Crippen LogP contribution in [0.5, 0.6) is 0 Å². The Morgan fingerprint density at radius 1 is 1.24 bits per heavy atom. The molecule has 0 aromatic rings. The molecule has 3 unspecified atom stereocenters. The summed E-state index contributed by atoms with van der Waals surface area (Å²) >= 11 is 3.55. The van der Waals surface area contributed by atoms with Crippen LogP contribution in [0.4, 0.5) is 0 Å². The predicted molar refractivity (Wildman–Crippen MR) is 71.3 cm³/mol. The Balaban J connectivity index is 1.75. The third kappa shape index (κ3) is 3.95. The van der Waals surface area contributed by atoms with Gasteiger partial charge in [0.2, 0.25) is 5.91 Å². The number of rotatable bonds is 4. The number of carbonyl (C=O) groups is 1. The van der Waals surface area contributed by atoms with Gasteiger partial charge in [-0.15, -0.1) is 0 Å². The Kier molecular flexibility index (Phi) is 5.29. The maximum absolute atomic E-state index is 11.9. The molecule has 17 heavy (non-hydrogen) atoms. The fraction of sp³-hybridized carbons (Fsp3) is 0.923. The van der Waals surface area contributed by atoms with Crippen molar-refractivity contribution in [2.45, 2.75) is 57.1 Å². The van der Waals surface area contributed by atoms with Crippen LogP contribution in [0.2, 0.25) is 0 Å². The molecule has 3 nitrogen and oxygen atoms in total. The second-order valence-electron chi connectivity index (χ2n) is 5.21. The predicted octanol–water partition coefficient (Wildman–Crippen LogP) is 2.63. The molecule has 2 fully saturated rings. The van der Waals surface area contributed by atoms with Crippen molar-refractivity contribution >= 4 is 21.8 Å². The van der Waals surface area contributed by atoms with E-state index in [0.29, 0.717) is 18.4 Å². The Morgan fingerprint density at radius 3 is 2.76 bits per heavy atom. The minimum absolute atomic E-state index is 0.168. The highest BCUT2D eigenvalue weighted by Gasteiger charge is 2.27. The minimum Gasteiger partial charge on any atom is -0.378 e. The Labute approximate surface area is 112 Å². The van der Waals surface area contributed by atoms with Crippen LogP contribution in [-0.4, -0.2) is 30.0 Å². The highest BCUT2D eigenvalue weighted by atomic mass is 79.9. The first-order valence-electron chi connectivity index (χ1n) is 6.76. The van der Waals surface area contributed by atoms with E-state index >= 15 is 0 Å². The molecule has 2 aliphatic rings. The molecule has 3 atom stereocenters. The number of alkyl halides is 1. The van der Waals surface area contributed by atoms with Gasteiger partial charge in [0.15, 0.2) is 0 Å². The molecule has 98 valence electrons. The van der Waals surface area contributed by atoms with Crippen molar-refractivity contribution in [3.05, 3.63) is 0 Å². The van der Waals surface area contributed by atoms with E-state index < -0.39 is 0 Å². The van der Waals surface area contributed by atoms with E-state index in [-0.39, 0.29) is 12.0 Å². The Hall–Kier alpha value is -0.0900. The topological polar surface area (TPSA) is 38.3 Å². The van der Waals surface area contributed by atoms with Gasteiger partial charge in [-0.05, 0) is 31.6 Å². The zero-order valence-corrected chi connectivity index (χ0v) is 11.9. The van der Waals surface area contributed by atoms with Crippen molar-refractivity contribution in [3.8, 4) is 0 Å². The van der Waals surface area contributed by atoms with Crippen LogP contribution in [0.25, 0.3) is 0 Å². The van der Waals surface area contributed by atoms with Crippen LogP contribution in [0.3, 0.4) is 0 Å². The zero-order chi connectivity index (χ0) is 12.1. The lowest BCUT2D eigenvalue weighted by Gasteiger charge is -2.31. The van der Waals surface area contributed by atoms with Crippen LogP contribution in [-0.2, 0) is 9.53 Å². The van der Waals surface area contributed by atoms with Gasteiger partial charge in [-0.1, -0.05) is 28.8 Å². The minimum atomic E-state index is 0.168. The summed E-state index contributed by atoms with van der Waals surface area (Å²) in [6.07, 6.45) is 7.77. The number of nitrogens with one attached hydrogen (secondary N) is 1. The molecular weight excluding hydrogens is 282 g/mol. The van der Waals surface area contributed by atoms with Crippen molar-refractivity contribution in [2.75, 3.05) is 11.9 Å². The van der Waals surface area contributed by atoms with Gasteiger partial charge in [-0.3, -0.25) is 4.79 Å². The lowest BCUT2D eigenvalue weighted by Crippen LogP contribution is -2.43. The number of ether oxygens (including phenoxy) is 1. The van der Waals surface area contributed by atoms with Crippen LogP contribution in [0.15, 0.2) is 0 Å². The summed E-state index contributed by atoms with van der Waals surface area (Å²) in [5.74, 6) is 0.784. The molecule has 2 rings (SSSR count). The van der Waals surface area contributed by atoms with Gasteiger partial charge in [-0.2, -0.15) is 0 Å². The third-order valence-electron chi connectivity index (χ3n) is 3.89. The van der Waals surface area contributed by atoms with Crippen LogP contribution >= 0.6 is 15.9 Å². The monoisotopic (exact) mass is 303 g/mol. The van der Waals surface area contributed by atoms with Crippen LogP contribution in [0, 0.1) is 5.92 Å². The molecule has 1 heterocycles. The average Bonchev–Trinajstić information content (AvgIpc) is 2.82. The molecule has 1 saturated carbocycles. The van der Waals surface area contributed by atoms with Crippen molar-refractivity contribution in [1.29, 1.82) is 0 Å². The van der Waals surface area contributed by atoms with E-state index in [2.05, 4.69) is 21.2 Å². The molecule has 1 saturated heterocycles. The normalized spacial score (nSPS) is 33.6. The summed E-state index contributed by atoms with van der Waals surface area (Å²) in [5.41, 5.74) is 0. The van der Waals surface area contributed by atoms with Crippen molar-refractivity contribution < 1.29 is 9.53 Å². The van der Waals surface area contributed by atoms with E-state index in [1.54, 1.807) is 0 Å².